The van der Waals surface area contributed by atoms with Crippen molar-refractivity contribution in [3.63, 3.8) is 0 Å². The Kier molecular flexibility index (Phi) is 6.98. The summed E-state index contributed by atoms with van der Waals surface area (Å²) in [5, 5.41) is 3.95. The summed E-state index contributed by atoms with van der Waals surface area (Å²) in [6.07, 6.45) is 1.47. The molecule has 1 N–H and O–H groups in total. The first-order valence-corrected chi connectivity index (χ1v) is 11.7. The van der Waals surface area contributed by atoms with Crippen molar-refractivity contribution in [3.05, 3.63) is 99.6 Å². The molecule has 3 aromatic carbocycles. The van der Waals surface area contributed by atoms with Crippen molar-refractivity contribution >= 4 is 34.2 Å². The third-order valence-electron chi connectivity index (χ3n) is 5.95. The fourth-order valence-corrected chi connectivity index (χ4v) is 4.24. The maximum absolute atomic E-state index is 13.6. The van der Waals surface area contributed by atoms with E-state index in [2.05, 4.69) is 12.2 Å². The Bertz CT molecular complexity index is 1380. The van der Waals surface area contributed by atoms with Gasteiger partial charge in [0, 0.05) is 17.8 Å². The molecular weight excluding hydrogens is 448 g/mol. The van der Waals surface area contributed by atoms with Crippen LogP contribution in [0.25, 0.3) is 16.6 Å². The largest absolute Gasteiger partial charge is 0.322 e. The maximum Gasteiger partial charge on any atom is 0.322 e. The highest BCUT2D eigenvalue weighted by molar-refractivity contribution is 6.30. The van der Waals surface area contributed by atoms with Gasteiger partial charge in [-0.25, -0.2) is 9.78 Å². The minimum absolute atomic E-state index is 0.160. The van der Waals surface area contributed by atoms with Crippen molar-refractivity contribution in [1.29, 1.82) is 0 Å². The van der Waals surface area contributed by atoms with Crippen LogP contribution in [0.15, 0.2) is 77.6 Å². The number of benzene rings is 3. The smallest absolute Gasteiger partial charge is 0.317 e. The number of fused-ring (bicyclic) bond motifs is 1. The fourth-order valence-electron chi connectivity index (χ4n) is 4.05. The highest BCUT2D eigenvalue weighted by atomic mass is 35.5. The van der Waals surface area contributed by atoms with E-state index in [1.165, 1.54) is 5.56 Å². The van der Waals surface area contributed by atoms with Gasteiger partial charge in [0.05, 0.1) is 22.6 Å². The van der Waals surface area contributed by atoms with Gasteiger partial charge >= 0.3 is 6.03 Å². The minimum Gasteiger partial charge on any atom is -0.317 e. The number of nitrogens with zero attached hydrogens (tertiary/aromatic N) is 3. The quantitative estimate of drug-likeness (QED) is 0.361. The number of anilines is 1. The van der Waals surface area contributed by atoms with Gasteiger partial charge in [0.15, 0.2) is 0 Å². The minimum atomic E-state index is -0.442. The molecular formula is C27H27ClN4O2. The molecule has 174 valence electrons. The van der Waals surface area contributed by atoms with Crippen LogP contribution in [0.3, 0.4) is 0 Å². The Morgan fingerprint density at radius 2 is 1.79 bits per heavy atom. The molecule has 7 heteroatoms. The Morgan fingerprint density at radius 3 is 2.47 bits per heavy atom. The zero-order valence-corrected chi connectivity index (χ0v) is 20.2. The second-order valence-corrected chi connectivity index (χ2v) is 8.56. The molecule has 1 unspecified atom stereocenters. The lowest BCUT2D eigenvalue weighted by molar-refractivity contribution is 0.199. The van der Waals surface area contributed by atoms with E-state index in [1.807, 2.05) is 49.4 Å². The van der Waals surface area contributed by atoms with Crippen molar-refractivity contribution < 1.29 is 4.79 Å². The molecule has 0 aliphatic carbocycles. The predicted octanol–water partition coefficient (Wildman–Crippen LogP) is 6.22. The van der Waals surface area contributed by atoms with Crippen LogP contribution in [0.2, 0.25) is 5.02 Å². The number of hydrogen-bond donors (Lipinski definition) is 1. The van der Waals surface area contributed by atoms with Crippen molar-refractivity contribution in [1.82, 2.24) is 14.5 Å². The number of carbonyl (C=O) groups is 1. The summed E-state index contributed by atoms with van der Waals surface area (Å²) in [6, 6.07) is 21.4. The van der Waals surface area contributed by atoms with Crippen molar-refractivity contribution in [3.8, 4) is 5.69 Å². The SMILES string of the molecule is CCc1ccc(-n2c(C(CC)N(C)C(=O)Nc3cccc(Cl)c3)nc3ccccc3c2=O)cc1. The maximum atomic E-state index is 13.6. The first-order chi connectivity index (χ1) is 16.4. The summed E-state index contributed by atoms with van der Waals surface area (Å²) in [5.41, 5.74) is 2.94. The van der Waals surface area contributed by atoms with Crippen molar-refractivity contribution in [2.24, 2.45) is 0 Å². The molecule has 1 aromatic heterocycles. The Labute approximate surface area is 203 Å². The second-order valence-electron chi connectivity index (χ2n) is 8.12. The average Bonchev–Trinajstić information content (AvgIpc) is 2.85. The number of carbonyl (C=O) groups excluding carboxylic acids is 1. The van der Waals surface area contributed by atoms with Crippen LogP contribution in [0.1, 0.15) is 37.7 Å². The molecule has 4 rings (SSSR count). The number of hydrogen-bond acceptors (Lipinski definition) is 3. The van der Waals surface area contributed by atoms with Gasteiger partial charge in [-0.05, 0) is 60.9 Å². The third kappa shape index (κ3) is 4.68. The number of rotatable bonds is 6. The van der Waals surface area contributed by atoms with Gasteiger partial charge in [0.2, 0.25) is 0 Å². The van der Waals surface area contributed by atoms with E-state index in [4.69, 9.17) is 16.6 Å². The Hall–Kier alpha value is -3.64. The van der Waals surface area contributed by atoms with Crippen LogP contribution < -0.4 is 10.9 Å². The molecule has 34 heavy (non-hydrogen) atoms. The number of aromatic nitrogens is 2. The van der Waals surface area contributed by atoms with Crippen LogP contribution >= 0.6 is 11.6 Å². The molecule has 0 aliphatic rings. The molecule has 0 aliphatic heterocycles. The number of halogens is 1. The second kappa shape index (κ2) is 10.1. The summed E-state index contributed by atoms with van der Waals surface area (Å²) in [5.74, 6) is 0.513. The zero-order valence-electron chi connectivity index (χ0n) is 19.5. The number of nitrogens with one attached hydrogen (secondary N) is 1. The Balaban J connectivity index is 1.81. The lowest BCUT2D eigenvalue weighted by atomic mass is 10.1. The molecule has 1 atom stereocenters. The first-order valence-electron chi connectivity index (χ1n) is 11.3. The van der Waals surface area contributed by atoms with Gasteiger partial charge in [0.1, 0.15) is 5.82 Å². The van der Waals surface area contributed by atoms with Crippen LogP contribution in [0, 0.1) is 0 Å². The highest BCUT2D eigenvalue weighted by Gasteiger charge is 2.26. The summed E-state index contributed by atoms with van der Waals surface area (Å²) in [7, 11) is 1.71. The van der Waals surface area contributed by atoms with Gasteiger partial charge in [-0.15, -0.1) is 0 Å². The van der Waals surface area contributed by atoms with Crippen molar-refractivity contribution in [2.75, 3.05) is 12.4 Å². The van der Waals surface area contributed by atoms with Gasteiger partial charge in [-0.3, -0.25) is 9.36 Å². The molecule has 4 aromatic rings. The van der Waals surface area contributed by atoms with Crippen LogP contribution in [-0.4, -0.2) is 27.5 Å². The molecule has 0 radical (unpaired) electrons. The van der Waals surface area contributed by atoms with Crippen LogP contribution in [-0.2, 0) is 6.42 Å². The highest BCUT2D eigenvalue weighted by Crippen LogP contribution is 2.26. The van der Waals surface area contributed by atoms with Gasteiger partial charge < -0.3 is 10.2 Å². The number of aryl methyl sites for hydroxylation is 1. The molecule has 0 saturated carbocycles. The van der Waals surface area contributed by atoms with E-state index in [0.29, 0.717) is 33.9 Å². The number of amides is 2. The summed E-state index contributed by atoms with van der Waals surface area (Å²) in [4.78, 5) is 33.2. The van der Waals surface area contributed by atoms with E-state index < -0.39 is 6.04 Å². The van der Waals surface area contributed by atoms with Crippen LogP contribution in [0.4, 0.5) is 10.5 Å². The Morgan fingerprint density at radius 1 is 1.06 bits per heavy atom. The standard InChI is InChI=1S/C27H27ClN4O2/c1-4-18-13-15-21(16-14-18)32-25(30-23-12-7-6-11-22(23)26(32)33)24(5-2)31(3)27(34)29-20-10-8-9-19(28)17-20/h6-17,24H,4-5H2,1-3H3,(H,29,34). The van der Waals surface area contributed by atoms with E-state index in [-0.39, 0.29) is 11.6 Å². The van der Waals surface area contributed by atoms with Gasteiger partial charge in [-0.1, -0.05) is 55.8 Å². The van der Waals surface area contributed by atoms with E-state index in [9.17, 15) is 9.59 Å². The predicted molar refractivity (Wildman–Crippen MR) is 138 cm³/mol. The third-order valence-corrected chi connectivity index (χ3v) is 6.19. The molecule has 0 bridgehead atoms. The van der Waals surface area contributed by atoms with Crippen LogP contribution in [0.5, 0.6) is 0 Å². The lowest BCUT2D eigenvalue weighted by Gasteiger charge is -2.29. The molecule has 2 amide bonds. The average molecular weight is 475 g/mol. The lowest BCUT2D eigenvalue weighted by Crippen LogP contribution is -2.38. The summed E-state index contributed by atoms with van der Waals surface area (Å²) in [6.45, 7) is 4.06. The zero-order chi connectivity index (χ0) is 24.2. The molecule has 0 fully saturated rings. The summed E-state index contributed by atoms with van der Waals surface area (Å²) >= 11 is 6.06. The van der Waals surface area contributed by atoms with Gasteiger partial charge in [0.25, 0.3) is 5.56 Å². The summed E-state index contributed by atoms with van der Waals surface area (Å²) < 4.78 is 1.62. The monoisotopic (exact) mass is 474 g/mol. The first kappa shape index (κ1) is 23.5. The van der Waals surface area contributed by atoms with Crippen molar-refractivity contribution in [2.45, 2.75) is 32.7 Å². The van der Waals surface area contributed by atoms with Gasteiger partial charge in [-0.2, -0.15) is 0 Å². The number of para-hydroxylation sites is 1. The van der Waals surface area contributed by atoms with E-state index >= 15 is 0 Å². The normalized spacial score (nSPS) is 11.9. The number of urea groups is 1. The van der Waals surface area contributed by atoms with E-state index in [0.717, 1.165) is 12.1 Å². The molecule has 6 nitrogen and oxygen atoms in total. The molecule has 0 saturated heterocycles. The topological polar surface area (TPSA) is 67.2 Å². The molecule has 0 spiro atoms. The molecule has 1 heterocycles. The van der Waals surface area contributed by atoms with E-state index in [1.54, 1.807) is 46.8 Å². The fraction of sp³-hybridized carbons (Fsp3) is 0.222.